The summed E-state index contributed by atoms with van der Waals surface area (Å²) in [4.78, 5) is 19.7. The second kappa shape index (κ2) is 5.66. The van der Waals surface area contributed by atoms with Gasteiger partial charge in [0.15, 0.2) is 0 Å². The highest BCUT2D eigenvalue weighted by Gasteiger charge is 2.20. The van der Waals surface area contributed by atoms with Gasteiger partial charge in [-0.2, -0.15) is 4.98 Å². The average Bonchev–Trinajstić information content (AvgIpc) is 2.76. The number of rotatable bonds is 5. The van der Waals surface area contributed by atoms with Gasteiger partial charge in [-0.05, 0) is 20.3 Å². The molecule has 0 radical (unpaired) electrons. The summed E-state index contributed by atoms with van der Waals surface area (Å²) in [6, 6.07) is 0.203. The minimum atomic E-state index is 0.134. The number of carbonyl (C=O) groups excluding carboxylic acids is 1. The molecule has 1 aromatic rings. The van der Waals surface area contributed by atoms with E-state index in [4.69, 9.17) is 0 Å². The lowest BCUT2D eigenvalue weighted by Gasteiger charge is -2.14. The number of carbonyl (C=O) groups is 1. The molecule has 1 unspecified atom stereocenters. The second-order valence-corrected chi connectivity index (χ2v) is 4.44. The molecule has 2 heterocycles. The van der Waals surface area contributed by atoms with Gasteiger partial charge in [0.2, 0.25) is 11.9 Å². The van der Waals surface area contributed by atoms with Crippen molar-refractivity contribution in [2.24, 2.45) is 0 Å². The van der Waals surface area contributed by atoms with E-state index in [1.165, 1.54) is 0 Å². The zero-order valence-corrected chi connectivity index (χ0v) is 10.8. The largest absolute Gasteiger partial charge is 0.368 e. The number of hydrogen-bond acceptors (Lipinski definition) is 5. The summed E-state index contributed by atoms with van der Waals surface area (Å²) in [7, 11) is 0. The molecule has 1 aliphatic rings. The van der Waals surface area contributed by atoms with E-state index >= 15 is 0 Å². The Morgan fingerprint density at radius 2 is 2.33 bits per heavy atom. The first-order valence-electron chi connectivity index (χ1n) is 6.29. The third-order valence-corrected chi connectivity index (χ3v) is 2.91. The van der Waals surface area contributed by atoms with Crippen molar-refractivity contribution in [2.75, 3.05) is 23.7 Å². The average molecular weight is 249 g/mol. The fourth-order valence-electron chi connectivity index (χ4n) is 1.91. The van der Waals surface area contributed by atoms with E-state index in [1.54, 1.807) is 6.20 Å². The van der Waals surface area contributed by atoms with Gasteiger partial charge in [0, 0.05) is 37.3 Å². The normalized spacial score (nSPS) is 18.6. The number of aromatic nitrogens is 2. The van der Waals surface area contributed by atoms with E-state index < -0.39 is 0 Å². The van der Waals surface area contributed by atoms with Crippen LogP contribution in [-0.2, 0) is 4.79 Å². The number of amides is 1. The van der Waals surface area contributed by atoms with Crippen molar-refractivity contribution in [1.82, 2.24) is 15.3 Å². The molecule has 6 nitrogen and oxygen atoms in total. The summed E-state index contributed by atoms with van der Waals surface area (Å²) in [5, 5.41) is 9.27. The van der Waals surface area contributed by atoms with Gasteiger partial charge in [0.25, 0.3) is 0 Å². The van der Waals surface area contributed by atoms with E-state index in [1.807, 2.05) is 13.8 Å². The maximum absolute atomic E-state index is 11.1. The zero-order chi connectivity index (χ0) is 13.0. The third-order valence-electron chi connectivity index (χ3n) is 2.91. The van der Waals surface area contributed by atoms with Crippen LogP contribution < -0.4 is 16.0 Å². The van der Waals surface area contributed by atoms with Crippen molar-refractivity contribution in [3.63, 3.8) is 0 Å². The first kappa shape index (κ1) is 12.6. The van der Waals surface area contributed by atoms with E-state index in [0.717, 1.165) is 24.3 Å². The Hall–Kier alpha value is -1.85. The Kier molecular flexibility index (Phi) is 3.96. The molecular weight excluding hydrogens is 230 g/mol. The Morgan fingerprint density at radius 1 is 1.50 bits per heavy atom. The number of aryl methyl sites for hydroxylation is 1. The van der Waals surface area contributed by atoms with Gasteiger partial charge >= 0.3 is 0 Å². The quantitative estimate of drug-likeness (QED) is 0.723. The van der Waals surface area contributed by atoms with Crippen molar-refractivity contribution in [3.05, 3.63) is 11.8 Å². The topological polar surface area (TPSA) is 78.9 Å². The monoisotopic (exact) mass is 249 g/mol. The fraction of sp³-hybridized carbons (Fsp3) is 0.583. The molecule has 0 aromatic carbocycles. The molecule has 1 amide bonds. The highest BCUT2D eigenvalue weighted by molar-refractivity contribution is 5.78. The van der Waals surface area contributed by atoms with Crippen molar-refractivity contribution in [1.29, 1.82) is 0 Å². The summed E-state index contributed by atoms with van der Waals surface area (Å²) >= 11 is 0. The number of nitrogens with one attached hydrogen (secondary N) is 3. The number of anilines is 2. The highest BCUT2D eigenvalue weighted by atomic mass is 16.1. The van der Waals surface area contributed by atoms with Crippen LogP contribution in [-0.4, -0.2) is 35.0 Å². The van der Waals surface area contributed by atoms with Crippen LogP contribution in [0.2, 0.25) is 0 Å². The minimum absolute atomic E-state index is 0.134. The maximum atomic E-state index is 11.1. The summed E-state index contributed by atoms with van der Waals surface area (Å²) in [5.41, 5.74) is 1.00. The van der Waals surface area contributed by atoms with Crippen molar-refractivity contribution < 1.29 is 4.79 Å². The van der Waals surface area contributed by atoms with Crippen LogP contribution in [0.15, 0.2) is 6.20 Å². The molecule has 0 spiro atoms. The van der Waals surface area contributed by atoms with E-state index in [-0.39, 0.29) is 11.9 Å². The lowest BCUT2D eigenvalue weighted by molar-refractivity contribution is -0.119. The van der Waals surface area contributed by atoms with E-state index in [9.17, 15) is 4.79 Å². The van der Waals surface area contributed by atoms with Gasteiger partial charge in [0.1, 0.15) is 5.82 Å². The van der Waals surface area contributed by atoms with Gasteiger partial charge in [0.05, 0.1) is 0 Å². The summed E-state index contributed by atoms with van der Waals surface area (Å²) in [5.74, 6) is 1.58. The van der Waals surface area contributed by atoms with Crippen LogP contribution in [0.4, 0.5) is 11.8 Å². The predicted octanol–water partition coefficient (Wildman–Crippen LogP) is 0.907. The van der Waals surface area contributed by atoms with Gasteiger partial charge in [-0.25, -0.2) is 4.98 Å². The molecule has 1 atom stereocenters. The SMILES string of the molecule is CCNc1ncc(C)c(NCC2CCC(=O)N2)n1. The van der Waals surface area contributed by atoms with E-state index in [0.29, 0.717) is 18.9 Å². The summed E-state index contributed by atoms with van der Waals surface area (Å²) in [6.07, 6.45) is 3.30. The summed E-state index contributed by atoms with van der Waals surface area (Å²) in [6.45, 7) is 5.46. The van der Waals surface area contributed by atoms with Gasteiger partial charge in [-0.3, -0.25) is 4.79 Å². The Balaban J connectivity index is 1.95. The van der Waals surface area contributed by atoms with Crippen LogP contribution in [0, 0.1) is 6.92 Å². The molecular formula is C12H19N5O. The lowest BCUT2D eigenvalue weighted by atomic mass is 10.2. The van der Waals surface area contributed by atoms with Crippen LogP contribution in [0.1, 0.15) is 25.3 Å². The van der Waals surface area contributed by atoms with Crippen LogP contribution in [0.3, 0.4) is 0 Å². The fourth-order valence-corrected chi connectivity index (χ4v) is 1.91. The molecule has 0 saturated carbocycles. The second-order valence-electron chi connectivity index (χ2n) is 4.44. The standard InChI is InChI=1S/C12H19N5O/c1-3-13-12-15-6-8(2)11(17-12)14-7-9-4-5-10(18)16-9/h6,9H,3-5,7H2,1-2H3,(H,16,18)(H2,13,14,15,17). The maximum Gasteiger partial charge on any atom is 0.224 e. The molecule has 1 aromatic heterocycles. The highest BCUT2D eigenvalue weighted by Crippen LogP contribution is 2.14. The Labute approximate surface area is 107 Å². The molecule has 6 heteroatoms. The third kappa shape index (κ3) is 3.09. The smallest absolute Gasteiger partial charge is 0.224 e. The molecule has 3 N–H and O–H groups in total. The molecule has 0 aliphatic carbocycles. The molecule has 0 bridgehead atoms. The molecule has 1 saturated heterocycles. The van der Waals surface area contributed by atoms with Gasteiger partial charge in [-0.15, -0.1) is 0 Å². The minimum Gasteiger partial charge on any atom is -0.368 e. The molecule has 18 heavy (non-hydrogen) atoms. The van der Waals surface area contributed by atoms with Crippen molar-refractivity contribution in [2.45, 2.75) is 32.7 Å². The summed E-state index contributed by atoms with van der Waals surface area (Å²) < 4.78 is 0. The van der Waals surface area contributed by atoms with Crippen LogP contribution >= 0.6 is 0 Å². The van der Waals surface area contributed by atoms with Gasteiger partial charge in [-0.1, -0.05) is 0 Å². The number of nitrogens with zero attached hydrogens (tertiary/aromatic N) is 2. The lowest BCUT2D eigenvalue weighted by Crippen LogP contribution is -2.32. The zero-order valence-electron chi connectivity index (χ0n) is 10.8. The number of hydrogen-bond donors (Lipinski definition) is 3. The first-order chi connectivity index (χ1) is 8.69. The molecule has 1 aliphatic heterocycles. The Bertz CT molecular complexity index is 434. The predicted molar refractivity (Wildman–Crippen MR) is 70.6 cm³/mol. The molecule has 1 fully saturated rings. The molecule has 98 valence electrons. The first-order valence-corrected chi connectivity index (χ1v) is 6.29. The van der Waals surface area contributed by atoms with Crippen molar-refractivity contribution in [3.8, 4) is 0 Å². The van der Waals surface area contributed by atoms with E-state index in [2.05, 4.69) is 25.9 Å². The van der Waals surface area contributed by atoms with Crippen LogP contribution in [0.25, 0.3) is 0 Å². The van der Waals surface area contributed by atoms with Crippen molar-refractivity contribution >= 4 is 17.7 Å². The van der Waals surface area contributed by atoms with Gasteiger partial charge < -0.3 is 16.0 Å². The Morgan fingerprint density at radius 3 is 3.00 bits per heavy atom. The molecule has 2 rings (SSSR count). The van der Waals surface area contributed by atoms with Crippen LogP contribution in [0.5, 0.6) is 0 Å².